The van der Waals surface area contributed by atoms with Gasteiger partial charge < -0.3 is 4.90 Å². The van der Waals surface area contributed by atoms with Crippen molar-refractivity contribution in [2.75, 3.05) is 18.0 Å². The van der Waals surface area contributed by atoms with Gasteiger partial charge in [-0.25, -0.2) is 0 Å². The van der Waals surface area contributed by atoms with E-state index in [1.165, 1.54) is 4.90 Å². The molecule has 1 aliphatic rings. The van der Waals surface area contributed by atoms with Crippen molar-refractivity contribution in [2.45, 2.75) is 20.8 Å². The summed E-state index contributed by atoms with van der Waals surface area (Å²) in [5.74, 6) is -0.791. The quantitative estimate of drug-likeness (QED) is 0.578. The van der Waals surface area contributed by atoms with Gasteiger partial charge in [0, 0.05) is 24.3 Å². The topological polar surface area (TPSA) is 57.7 Å². The fourth-order valence-electron chi connectivity index (χ4n) is 4.02. The lowest BCUT2D eigenvalue weighted by Crippen LogP contribution is -2.41. The molecule has 1 aliphatic heterocycles. The smallest absolute Gasteiger partial charge is 0.261 e. The molecular weight excluding hydrogens is 388 g/mol. The Morgan fingerprint density at radius 3 is 2.06 bits per heavy atom. The second-order valence-electron chi connectivity index (χ2n) is 7.92. The van der Waals surface area contributed by atoms with Gasteiger partial charge in [-0.2, -0.15) is 0 Å². The second-order valence-corrected chi connectivity index (χ2v) is 7.92. The molecule has 0 aromatic heterocycles. The van der Waals surface area contributed by atoms with E-state index in [0.29, 0.717) is 16.7 Å². The van der Waals surface area contributed by atoms with E-state index < -0.39 is 0 Å². The van der Waals surface area contributed by atoms with Crippen LogP contribution in [-0.2, 0) is 0 Å². The van der Waals surface area contributed by atoms with Crippen molar-refractivity contribution in [1.29, 1.82) is 0 Å². The van der Waals surface area contributed by atoms with Crippen LogP contribution in [0.4, 0.5) is 5.69 Å². The molecular formula is C26H24N2O3. The average Bonchev–Trinajstić information content (AvgIpc) is 2.99. The van der Waals surface area contributed by atoms with Gasteiger partial charge in [0.1, 0.15) is 0 Å². The van der Waals surface area contributed by atoms with Crippen molar-refractivity contribution in [3.05, 3.63) is 100 Å². The molecule has 0 saturated carbocycles. The summed E-state index contributed by atoms with van der Waals surface area (Å²) in [6.07, 6.45) is 0. The van der Waals surface area contributed by atoms with Crippen LogP contribution in [0, 0.1) is 20.8 Å². The maximum absolute atomic E-state index is 13.5. The van der Waals surface area contributed by atoms with Gasteiger partial charge in [0.2, 0.25) is 0 Å². The summed E-state index contributed by atoms with van der Waals surface area (Å²) < 4.78 is 0. The van der Waals surface area contributed by atoms with E-state index >= 15 is 0 Å². The zero-order chi connectivity index (χ0) is 22.1. The minimum absolute atomic E-state index is 0.122. The zero-order valence-electron chi connectivity index (χ0n) is 17.9. The predicted molar refractivity (Wildman–Crippen MR) is 121 cm³/mol. The summed E-state index contributed by atoms with van der Waals surface area (Å²) in [5.41, 5.74) is 5.22. The molecule has 1 heterocycles. The van der Waals surface area contributed by atoms with E-state index in [1.54, 1.807) is 35.2 Å². The maximum Gasteiger partial charge on any atom is 0.261 e. The van der Waals surface area contributed by atoms with Crippen LogP contribution in [0.25, 0.3) is 0 Å². The summed E-state index contributed by atoms with van der Waals surface area (Å²) >= 11 is 0. The van der Waals surface area contributed by atoms with E-state index in [9.17, 15) is 14.4 Å². The normalized spacial score (nSPS) is 12.8. The highest BCUT2D eigenvalue weighted by Gasteiger charge is 2.35. The number of aryl methyl sites for hydroxylation is 3. The van der Waals surface area contributed by atoms with Crippen LogP contribution in [0.1, 0.15) is 47.8 Å². The van der Waals surface area contributed by atoms with Gasteiger partial charge in [-0.05, 0) is 56.7 Å². The van der Waals surface area contributed by atoms with Gasteiger partial charge in [-0.1, -0.05) is 47.5 Å². The molecule has 5 heteroatoms. The summed E-state index contributed by atoms with van der Waals surface area (Å²) in [4.78, 5) is 41.9. The highest BCUT2D eigenvalue weighted by Crippen LogP contribution is 2.26. The number of hydrogen-bond acceptors (Lipinski definition) is 3. The number of imide groups is 1. The first kappa shape index (κ1) is 20.5. The van der Waals surface area contributed by atoms with Crippen LogP contribution in [0.3, 0.4) is 0 Å². The first-order chi connectivity index (χ1) is 14.9. The molecule has 0 fully saturated rings. The molecule has 0 spiro atoms. The van der Waals surface area contributed by atoms with E-state index in [-0.39, 0.29) is 30.8 Å². The fourth-order valence-corrected chi connectivity index (χ4v) is 4.02. The van der Waals surface area contributed by atoms with E-state index in [2.05, 4.69) is 0 Å². The SMILES string of the molecule is Cc1cccc(C(=O)N(CCN2C(=O)c3ccccc3C2=O)c2ccc(C)cc2C)c1. The fraction of sp³-hybridized carbons (Fsp3) is 0.192. The molecule has 0 bridgehead atoms. The summed E-state index contributed by atoms with van der Waals surface area (Å²) in [6.45, 7) is 6.24. The number of amides is 3. The largest absolute Gasteiger partial charge is 0.306 e. The minimum Gasteiger partial charge on any atom is -0.306 e. The Kier molecular flexibility index (Phi) is 5.42. The van der Waals surface area contributed by atoms with Gasteiger partial charge >= 0.3 is 0 Å². The van der Waals surface area contributed by atoms with Crippen molar-refractivity contribution < 1.29 is 14.4 Å². The standard InChI is InChI=1S/C26H24N2O3/c1-17-7-6-8-20(16-17)24(29)27(23-12-11-18(2)15-19(23)3)13-14-28-25(30)21-9-4-5-10-22(21)26(28)31/h4-12,15-16H,13-14H2,1-3H3. The number of anilines is 1. The van der Waals surface area contributed by atoms with E-state index in [4.69, 9.17) is 0 Å². The number of nitrogens with zero attached hydrogens (tertiary/aromatic N) is 2. The molecule has 31 heavy (non-hydrogen) atoms. The van der Waals surface area contributed by atoms with Crippen molar-refractivity contribution in [2.24, 2.45) is 0 Å². The van der Waals surface area contributed by atoms with Crippen LogP contribution < -0.4 is 4.90 Å². The molecule has 0 N–H and O–H groups in total. The predicted octanol–water partition coefficient (Wildman–Crippen LogP) is 4.55. The number of rotatable bonds is 5. The van der Waals surface area contributed by atoms with Crippen LogP contribution in [0.2, 0.25) is 0 Å². The van der Waals surface area contributed by atoms with E-state index in [1.807, 2.05) is 57.2 Å². The lowest BCUT2D eigenvalue weighted by molar-refractivity contribution is 0.0654. The lowest BCUT2D eigenvalue weighted by Gasteiger charge is -2.27. The highest BCUT2D eigenvalue weighted by molar-refractivity contribution is 6.21. The average molecular weight is 412 g/mol. The molecule has 0 saturated heterocycles. The first-order valence-corrected chi connectivity index (χ1v) is 10.3. The summed E-state index contributed by atoms with van der Waals surface area (Å²) in [5, 5.41) is 0. The third-order valence-corrected chi connectivity index (χ3v) is 5.58. The van der Waals surface area contributed by atoms with Crippen molar-refractivity contribution in [3.63, 3.8) is 0 Å². The molecule has 3 amide bonds. The molecule has 0 aliphatic carbocycles. The Balaban J connectivity index is 1.65. The maximum atomic E-state index is 13.5. The lowest BCUT2D eigenvalue weighted by atomic mass is 10.1. The third kappa shape index (κ3) is 3.87. The molecule has 0 atom stereocenters. The number of benzene rings is 3. The molecule has 0 unspecified atom stereocenters. The number of carbonyl (C=O) groups is 3. The molecule has 0 radical (unpaired) electrons. The Morgan fingerprint density at radius 2 is 1.45 bits per heavy atom. The molecule has 3 aromatic carbocycles. The Labute approximate surface area is 181 Å². The Hall–Kier alpha value is -3.73. The van der Waals surface area contributed by atoms with Crippen molar-refractivity contribution in [1.82, 2.24) is 4.90 Å². The third-order valence-electron chi connectivity index (χ3n) is 5.58. The van der Waals surface area contributed by atoms with Crippen LogP contribution in [-0.4, -0.2) is 35.7 Å². The highest BCUT2D eigenvalue weighted by atomic mass is 16.2. The first-order valence-electron chi connectivity index (χ1n) is 10.3. The van der Waals surface area contributed by atoms with Crippen LogP contribution in [0.5, 0.6) is 0 Å². The summed E-state index contributed by atoms with van der Waals surface area (Å²) in [6, 6.07) is 20.1. The number of carbonyl (C=O) groups excluding carboxylic acids is 3. The molecule has 156 valence electrons. The Morgan fingerprint density at radius 1 is 0.806 bits per heavy atom. The number of hydrogen-bond donors (Lipinski definition) is 0. The second kappa shape index (κ2) is 8.19. The Bertz CT molecular complexity index is 1160. The number of fused-ring (bicyclic) bond motifs is 1. The van der Waals surface area contributed by atoms with Crippen LogP contribution in [0.15, 0.2) is 66.7 Å². The molecule has 4 rings (SSSR count). The molecule has 3 aromatic rings. The monoisotopic (exact) mass is 412 g/mol. The summed E-state index contributed by atoms with van der Waals surface area (Å²) in [7, 11) is 0. The van der Waals surface area contributed by atoms with Gasteiger partial charge in [-0.15, -0.1) is 0 Å². The zero-order valence-corrected chi connectivity index (χ0v) is 17.9. The van der Waals surface area contributed by atoms with Gasteiger partial charge in [0.25, 0.3) is 17.7 Å². The van der Waals surface area contributed by atoms with Gasteiger partial charge in [-0.3, -0.25) is 19.3 Å². The van der Waals surface area contributed by atoms with Crippen molar-refractivity contribution in [3.8, 4) is 0 Å². The van der Waals surface area contributed by atoms with Gasteiger partial charge in [0.15, 0.2) is 0 Å². The molecule has 5 nitrogen and oxygen atoms in total. The van der Waals surface area contributed by atoms with Crippen molar-refractivity contribution >= 4 is 23.4 Å². The van der Waals surface area contributed by atoms with E-state index in [0.717, 1.165) is 22.4 Å². The van der Waals surface area contributed by atoms with Gasteiger partial charge in [0.05, 0.1) is 11.1 Å². The minimum atomic E-state index is -0.316. The van der Waals surface area contributed by atoms with Crippen LogP contribution >= 0.6 is 0 Å².